The maximum atomic E-state index is 13.0. The predicted molar refractivity (Wildman–Crippen MR) is 124 cm³/mol. The first-order valence-corrected chi connectivity index (χ1v) is 11.3. The SMILES string of the molecule is O=C(NCCCC(=O)N(Cc1ccco1)Cc1cc2c(cc1Cl)OCO2)OCc1ccccc1. The summed E-state index contributed by atoms with van der Waals surface area (Å²) in [4.78, 5) is 26.6. The first kappa shape index (κ1) is 23.5. The average Bonchev–Trinajstić information content (AvgIpc) is 3.52. The third kappa shape index (κ3) is 6.45. The van der Waals surface area contributed by atoms with Gasteiger partial charge in [0.05, 0.1) is 12.8 Å². The van der Waals surface area contributed by atoms with E-state index < -0.39 is 6.09 Å². The predicted octanol–water partition coefficient (Wildman–Crippen LogP) is 4.90. The van der Waals surface area contributed by atoms with Crippen molar-refractivity contribution in [2.24, 2.45) is 0 Å². The van der Waals surface area contributed by atoms with Gasteiger partial charge in [-0.25, -0.2) is 4.79 Å². The Hall–Kier alpha value is -3.65. The van der Waals surface area contributed by atoms with Crippen LogP contribution in [0, 0.1) is 0 Å². The van der Waals surface area contributed by atoms with Gasteiger partial charge >= 0.3 is 6.09 Å². The zero-order valence-electron chi connectivity index (χ0n) is 18.5. The summed E-state index contributed by atoms with van der Waals surface area (Å²) in [5, 5.41) is 3.17. The number of hydrogen-bond acceptors (Lipinski definition) is 6. The molecular formula is C25H25ClN2O6. The van der Waals surface area contributed by atoms with Crippen molar-refractivity contribution in [1.29, 1.82) is 0 Å². The van der Waals surface area contributed by atoms with E-state index in [1.165, 1.54) is 0 Å². The van der Waals surface area contributed by atoms with Crippen LogP contribution in [0.25, 0.3) is 0 Å². The highest BCUT2D eigenvalue weighted by Crippen LogP contribution is 2.37. The molecule has 3 aromatic rings. The van der Waals surface area contributed by atoms with Crippen LogP contribution in [0.3, 0.4) is 0 Å². The van der Waals surface area contributed by atoms with Crippen LogP contribution in [0.2, 0.25) is 5.02 Å². The normalized spacial score (nSPS) is 11.8. The van der Waals surface area contributed by atoms with Crippen molar-refractivity contribution >= 4 is 23.6 Å². The maximum absolute atomic E-state index is 13.0. The summed E-state index contributed by atoms with van der Waals surface area (Å²) in [6.07, 6.45) is 1.75. The molecule has 8 nitrogen and oxygen atoms in total. The van der Waals surface area contributed by atoms with E-state index in [0.717, 1.165) is 11.1 Å². The molecule has 1 aromatic heterocycles. The van der Waals surface area contributed by atoms with Crippen LogP contribution in [0.1, 0.15) is 29.7 Å². The number of nitrogens with zero attached hydrogens (tertiary/aromatic N) is 1. The fraction of sp³-hybridized carbons (Fsp3) is 0.280. The van der Waals surface area contributed by atoms with Gasteiger partial charge in [0.2, 0.25) is 12.7 Å². The first-order chi connectivity index (χ1) is 16.6. The van der Waals surface area contributed by atoms with Crippen LogP contribution >= 0.6 is 11.6 Å². The molecule has 0 saturated carbocycles. The van der Waals surface area contributed by atoms with Crippen LogP contribution < -0.4 is 14.8 Å². The molecule has 0 spiro atoms. The van der Waals surface area contributed by atoms with Gasteiger partial charge in [0.25, 0.3) is 0 Å². The van der Waals surface area contributed by atoms with E-state index in [4.69, 9.17) is 30.2 Å². The quantitative estimate of drug-likeness (QED) is 0.412. The number of nitrogens with one attached hydrogen (secondary N) is 1. The number of rotatable bonds is 10. The van der Waals surface area contributed by atoms with Gasteiger partial charge in [-0.2, -0.15) is 0 Å². The number of furan rings is 1. The molecule has 0 radical (unpaired) electrons. The molecule has 34 heavy (non-hydrogen) atoms. The molecule has 1 N–H and O–H groups in total. The van der Waals surface area contributed by atoms with Crippen molar-refractivity contribution in [2.75, 3.05) is 13.3 Å². The van der Waals surface area contributed by atoms with Gasteiger partial charge in [-0.05, 0) is 35.7 Å². The number of amides is 2. The topological polar surface area (TPSA) is 90.2 Å². The molecule has 4 rings (SSSR count). The minimum atomic E-state index is -0.518. The number of halogens is 1. The van der Waals surface area contributed by atoms with E-state index >= 15 is 0 Å². The van der Waals surface area contributed by atoms with E-state index in [1.54, 1.807) is 29.4 Å². The molecule has 0 aliphatic carbocycles. The summed E-state index contributed by atoms with van der Waals surface area (Å²) in [6, 6.07) is 16.5. The third-order valence-corrected chi connectivity index (χ3v) is 5.58. The Morgan fingerprint density at radius 2 is 1.82 bits per heavy atom. The van der Waals surface area contributed by atoms with Gasteiger partial charge in [0.1, 0.15) is 12.4 Å². The molecule has 0 saturated heterocycles. The van der Waals surface area contributed by atoms with Gasteiger partial charge in [-0.15, -0.1) is 0 Å². The van der Waals surface area contributed by atoms with Crippen molar-refractivity contribution in [2.45, 2.75) is 32.5 Å². The van der Waals surface area contributed by atoms with Gasteiger partial charge in [0.15, 0.2) is 11.5 Å². The number of benzene rings is 2. The molecule has 1 aliphatic heterocycles. The molecule has 0 bridgehead atoms. The Morgan fingerprint density at radius 3 is 2.59 bits per heavy atom. The van der Waals surface area contributed by atoms with Crippen LogP contribution in [-0.4, -0.2) is 30.2 Å². The van der Waals surface area contributed by atoms with E-state index in [1.807, 2.05) is 36.4 Å². The molecule has 1 aliphatic rings. The first-order valence-electron chi connectivity index (χ1n) is 10.9. The second-order valence-corrected chi connectivity index (χ2v) is 8.13. The van der Waals surface area contributed by atoms with Gasteiger partial charge < -0.3 is 28.8 Å². The summed E-state index contributed by atoms with van der Waals surface area (Å²) in [6.45, 7) is 1.23. The monoisotopic (exact) mass is 484 g/mol. The molecule has 9 heteroatoms. The summed E-state index contributed by atoms with van der Waals surface area (Å²) in [5.74, 6) is 1.75. The molecule has 0 fully saturated rings. The highest BCUT2D eigenvalue weighted by molar-refractivity contribution is 6.31. The van der Waals surface area contributed by atoms with Crippen molar-refractivity contribution < 1.29 is 28.2 Å². The zero-order chi connectivity index (χ0) is 23.8. The number of carbonyl (C=O) groups is 2. The summed E-state index contributed by atoms with van der Waals surface area (Å²) in [7, 11) is 0. The highest BCUT2D eigenvalue weighted by Gasteiger charge is 2.21. The Kier molecular flexibility index (Phi) is 7.93. The van der Waals surface area contributed by atoms with Gasteiger partial charge in [0, 0.05) is 30.6 Å². The largest absolute Gasteiger partial charge is 0.467 e. The molecule has 2 heterocycles. The molecular weight excluding hydrogens is 460 g/mol. The van der Waals surface area contributed by atoms with Crippen molar-refractivity contribution in [3.8, 4) is 11.5 Å². The maximum Gasteiger partial charge on any atom is 0.407 e. The number of hydrogen-bond donors (Lipinski definition) is 1. The smallest absolute Gasteiger partial charge is 0.407 e. The van der Waals surface area contributed by atoms with E-state index in [0.29, 0.717) is 41.8 Å². The van der Waals surface area contributed by atoms with Crippen molar-refractivity contribution in [3.63, 3.8) is 0 Å². The Balaban J connectivity index is 1.29. The second-order valence-electron chi connectivity index (χ2n) is 7.72. The van der Waals surface area contributed by atoms with Crippen LogP contribution in [0.15, 0.2) is 65.3 Å². The lowest BCUT2D eigenvalue weighted by Gasteiger charge is -2.23. The van der Waals surface area contributed by atoms with Crippen LogP contribution in [0.5, 0.6) is 11.5 Å². The third-order valence-electron chi connectivity index (χ3n) is 5.23. The van der Waals surface area contributed by atoms with Gasteiger partial charge in [-0.3, -0.25) is 4.79 Å². The van der Waals surface area contributed by atoms with E-state index in [-0.39, 0.29) is 32.3 Å². The number of ether oxygens (including phenoxy) is 3. The second kappa shape index (κ2) is 11.5. The summed E-state index contributed by atoms with van der Waals surface area (Å²) >= 11 is 6.42. The summed E-state index contributed by atoms with van der Waals surface area (Å²) in [5.41, 5.74) is 1.65. The zero-order valence-corrected chi connectivity index (χ0v) is 19.3. The average molecular weight is 485 g/mol. The highest BCUT2D eigenvalue weighted by atomic mass is 35.5. The Morgan fingerprint density at radius 1 is 1.03 bits per heavy atom. The van der Waals surface area contributed by atoms with Crippen molar-refractivity contribution in [3.05, 3.63) is 82.8 Å². The molecule has 0 unspecified atom stereocenters. The number of alkyl carbamates (subject to hydrolysis) is 1. The van der Waals surface area contributed by atoms with E-state index in [2.05, 4.69) is 5.32 Å². The fourth-order valence-corrected chi connectivity index (χ4v) is 3.68. The molecule has 0 atom stereocenters. The lowest BCUT2D eigenvalue weighted by Crippen LogP contribution is -2.31. The minimum absolute atomic E-state index is 0.0930. The Labute approximate surface area is 202 Å². The fourth-order valence-electron chi connectivity index (χ4n) is 3.47. The van der Waals surface area contributed by atoms with Gasteiger partial charge in [-0.1, -0.05) is 41.9 Å². The van der Waals surface area contributed by atoms with Crippen molar-refractivity contribution in [1.82, 2.24) is 10.2 Å². The standard InChI is InChI=1S/C25H25ClN2O6/c26-21-13-23-22(33-17-34-23)12-19(21)14-28(15-20-8-5-11-31-20)24(29)9-4-10-27-25(30)32-16-18-6-2-1-3-7-18/h1-3,5-8,11-13H,4,9-10,14-17H2,(H,27,30). The lowest BCUT2D eigenvalue weighted by molar-refractivity contribution is -0.132. The Bertz CT molecular complexity index is 1100. The van der Waals surface area contributed by atoms with Crippen LogP contribution in [-0.2, 0) is 29.2 Å². The van der Waals surface area contributed by atoms with Crippen LogP contribution in [0.4, 0.5) is 4.79 Å². The molecule has 2 amide bonds. The summed E-state index contributed by atoms with van der Waals surface area (Å²) < 4.78 is 21.4. The lowest BCUT2D eigenvalue weighted by atomic mass is 10.1. The molecule has 178 valence electrons. The number of carbonyl (C=O) groups excluding carboxylic acids is 2. The number of fused-ring (bicyclic) bond motifs is 1. The molecule has 2 aromatic carbocycles. The minimum Gasteiger partial charge on any atom is -0.467 e. The van der Waals surface area contributed by atoms with E-state index in [9.17, 15) is 9.59 Å².